The minimum atomic E-state index is 0. The molecule has 5 heteroatoms. The molecule has 0 heterocycles. The molecule has 0 saturated carbocycles. The van der Waals surface area contributed by atoms with Gasteiger partial charge in [0.1, 0.15) is 0 Å². The van der Waals surface area contributed by atoms with Crippen LogP contribution in [0, 0.1) is 0 Å². The largest absolute Gasteiger partial charge is 4.00 e. The van der Waals surface area contributed by atoms with Crippen LogP contribution in [0.4, 0.5) is 0 Å². The molecule has 1 radical (unpaired) electrons. The summed E-state index contributed by atoms with van der Waals surface area (Å²) < 4.78 is 0. The zero-order valence-electron chi connectivity index (χ0n) is 1.92. The fourth-order valence-electron chi connectivity index (χ4n) is 0. The van der Waals surface area contributed by atoms with E-state index in [0.717, 1.165) is 0 Å². The molecule has 0 N–H and O–H groups in total. The van der Waals surface area contributed by atoms with Crippen LogP contribution in [0.25, 0.3) is 0 Å². The predicted molar refractivity (Wildman–Crippen MR) is 1.37 cm³/mol. The van der Waals surface area contributed by atoms with Gasteiger partial charge in [-0.15, -0.1) is 0 Å². The SMILES string of the molecule is [Ag+].[Cu+2].[O-2].[O-2].[Ti+4]. The summed E-state index contributed by atoms with van der Waals surface area (Å²) in [5.74, 6) is 0. The van der Waals surface area contributed by atoms with Crippen LogP contribution in [0.1, 0.15) is 0 Å². The molecule has 0 saturated heterocycles. The summed E-state index contributed by atoms with van der Waals surface area (Å²) >= 11 is 0. The molecule has 0 aliphatic heterocycles. The Kier molecular flexibility index (Phi) is 525. The smallest absolute Gasteiger partial charge is 2.00 e. The van der Waals surface area contributed by atoms with Gasteiger partial charge in [0.15, 0.2) is 0 Å². The molecule has 0 atom stereocenters. The molecule has 5 heavy (non-hydrogen) atoms. The summed E-state index contributed by atoms with van der Waals surface area (Å²) in [5, 5.41) is 0. The van der Waals surface area contributed by atoms with Crippen LogP contribution in [0.5, 0.6) is 0 Å². The van der Waals surface area contributed by atoms with Crippen LogP contribution < -0.4 is 0 Å². The molecule has 35 valence electrons. The molecule has 0 aromatic carbocycles. The first-order valence-corrected chi connectivity index (χ1v) is 0. The summed E-state index contributed by atoms with van der Waals surface area (Å²) in [4.78, 5) is 0. The zero-order chi connectivity index (χ0) is 0. The van der Waals surface area contributed by atoms with Gasteiger partial charge in [-0.1, -0.05) is 0 Å². The molecule has 2 nitrogen and oxygen atoms in total. The molecule has 0 rings (SSSR count). The fourth-order valence-corrected chi connectivity index (χ4v) is 0. The van der Waals surface area contributed by atoms with E-state index in [9.17, 15) is 0 Å². The van der Waals surface area contributed by atoms with Crippen molar-refractivity contribution in [1.82, 2.24) is 0 Å². The summed E-state index contributed by atoms with van der Waals surface area (Å²) in [6.45, 7) is 0. The predicted octanol–water partition coefficient (Wildman–Crippen LogP) is -0.245. The molecule has 0 unspecified atom stereocenters. The quantitative estimate of drug-likeness (QED) is 0.533. The van der Waals surface area contributed by atoms with Gasteiger partial charge in [-0.3, -0.25) is 0 Å². The van der Waals surface area contributed by atoms with Crippen molar-refractivity contribution in [3.63, 3.8) is 0 Å². The van der Waals surface area contributed by atoms with Crippen molar-refractivity contribution in [3.05, 3.63) is 0 Å². The van der Waals surface area contributed by atoms with Gasteiger partial charge < -0.3 is 11.0 Å². The van der Waals surface area contributed by atoms with Gasteiger partial charge in [0.05, 0.1) is 0 Å². The molecular formula is AgCuO2Ti+3. The van der Waals surface area contributed by atoms with Crippen LogP contribution in [-0.2, 0) is 72.1 Å². The summed E-state index contributed by atoms with van der Waals surface area (Å²) in [7, 11) is 0. The van der Waals surface area contributed by atoms with Crippen molar-refractivity contribution >= 4 is 0 Å². The zero-order valence-corrected chi connectivity index (χ0v) is 5.90. The van der Waals surface area contributed by atoms with Crippen molar-refractivity contribution in [2.45, 2.75) is 0 Å². The monoisotopic (exact) mass is 250 g/mol. The first kappa shape index (κ1) is 66.8. The molecule has 0 aliphatic carbocycles. The van der Waals surface area contributed by atoms with E-state index in [1.165, 1.54) is 0 Å². The number of rotatable bonds is 0. The Morgan fingerprint density at radius 3 is 0.800 bits per heavy atom. The Bertz CT molecular complexity index is 9.61. The average molecular weight is 251 g/mol. The van der Waals surface area contributed by atoms with E-state index in [0.29, 0.717) is 0 Å². The molecule has 0 aromatic heterocycles. The Hall–Kier alpha value is 1.89. The first-order chi connectivity index (χ1) is 0. The van der Waals surface area contributed by atoms with E-state index < -0.39 is 0 Å². The standard InChI is InChI=1S/Ag.Cu.2O.Ti/q+1;+2;2*-2;+4. The normalized spacial score (nSPS) is 0. The van der Waals surface area contributed by atoms with E-state index >= 15 is 0 Å². The average Bonchev–Trinajstić information content (AvgIpc) is 0. The molecule has 0 aromatic rings. The van der Waals surface area contributed by atoms with Crippen LogP contribution >= 0.6 is 0 Å². The van der Waals surface area contributed by atoms with Crippen LogP contribution in [0.3, 0.4) is 0 Å². The number of hydrogen-bond donors (Lipinski definition) is 0. The third-order valence-corrected chi connectivity index (χ3v) is 0. The van der Waals surface area contributed by atoms with E-state index in [4.69, 9.17) is 0 Å². The van der Waals surface area contributed by atoms with Gasteiger partial charge >= 0.3 is 61.2 Å². The Balaban J connectivity index is 0. The van der Waals surface area contributed by atoms with Gasteiger partial charge in [-0.25, -0.2) is 0 Å². The maximum atomic E-state index is 0. The first-order valence-electron chi connectivity index (χ1n) is 0. The molecule has 0 fully saturated rings. The van der Waals surface area contributed by atoms with Crippen LogP contribution in [-0.4, -0.2) is 0 Å². The second-order valence-electron chi connectivity index (χ2n) is 0. The third kappa shape index (κ3) is 24.9. The topological polar surface area (TPSA) is 57.0 Å². The van der Waals surface area contributed by atoms with E-state index in [2.05, 4.69) is 0 Å². The third-order valence-electron chi connectivity index (χ3n) is 0. The summed E-state index contributed by atoms with van der Waals surface area (Å²) in [6.07, 6.45) is 0. The van der Waals surface area contributed by atoms with E-state index in [1.807, 2.05) is 0 Å². The van der Waals surface area contributed by atoms with E-state index in [1.54, 1.807) is 0 Å². The summed E-state index contributed by atoms with van der Waals surface area (Å²) in [5.41, 5.74) is 0. The Labute approximate surface area is 71.6 Å². The van der Waals surface area contributed by atoms with Crippen LogP contribution in [0.2, 0.25) is 0 Å². The van der Waals surface area contributed by atoms with Gasteiger partial charge in [0.2, 0.25) is 0 Å². The maximum Gasteiger partial charge on any atom is 4.00 e. The summed E-state index contributed by atoms with van der Waals surface area (Å²) in [6, 6.07) is 0. The second kappa shape index (κ2) is 39.4. The molecule has 0 amide bonds. The van der Waals surface area contributed by atoms with Crippen molar-refractivity contribution in [3.8, 4) is 0 Å². The number of hydrogen-bond acceptors (Lipinski definition) is 0. The van der Waals surface area contributed by atoms with Gasteiger partial charge in [0.25, 0.3) is 0 Å². The van der Waals surface area contributed by atoms with Crippen molar-refractivity contribution in [1.29, 1.82) is 0 Å². The van der Waals surface area contributed by atoms with Crippen molar-refractivity contribution in [2.75, 3.05) is 0 Å². The molecule has 0 bridgehead atoms. The molecular weight excluding hydrogens is 251 g/mol. The minimum Gasteiger partial charge on any atom is -2.00 e. The Morgan fingerprint density at radius 2 is 0.800 bits per heavy atom. The Morgan fingerprint density at radius 1 is 0.800 bits per heavy atom. The van der Waals surface area contributed by atoms with Crippen molar-refractivity contribution < 1.29 is 72.1 Å². The maximum absolute atomic E-state index is 0. The second-order valence-corrected chi connectivity index (χ2v) is 0. The van der Waals surface area contributed by atoms with Crippen LogP contribution in [0.15, 0.2) is 0 Å². The fraction of sp³-hybridized carbons (Fsp3) is 0. The van der Waals surface area contributed by atoms with E-state index in [-0.39, 0.29) is 72.1 Å². The minimum absolute atomic E-state index is 0. The molecule has 0 aliphatic rings. The van der Waals surface area contributed by atoms with Gasteiger partial charge in [-0.05, 0) is 0 Å². The van der Waals surface area contributed by atoms with Gasteiger partial charge in [-0.2, -0.15) is 0 Å². The van der Waals surface area contributed by atoms with Crippen molar-refractivity contribution in [2.24, 2.45) is 0 Å². The van der Waals surface area contributed by atoms with Gasteiger partial charge in [0, 0.05) is 0 Å². The molecule has 0 spiro atoms.